The Balaban J connectivity index is 0.00000308. The average Bonchev–Trinajstić information content (AvgIpc) is 3.78. The maximum absolute atomic E-state index is 5.01. The van der Waals surface area contributed by atoms with Crippen LogP contribution in [0.25, 0.3) is 22.5 Å². The van der Waals surface area contributed by atoms with Crippen LogP contribution < -0.4 is 19.9 Å². The van der Waals surface area contributed by atoms with Crippen LogP contribution in [0.1, 0.15) is 22.8 Å². The van der Waals surface area contributed by atoms with Gasteiger partial charge in [-0.3, -0.25) is 0 Å². The zero-order valence-electron chi connectivity index (χ0n) is 21.3. The van der Waals surface area contributed by atoms with Crippen molar-refractivity contribution >= 4 is 43.6 Å². The fourth-order valence-corrected chi connectivity index (χ4v) is 5.37. The fourth-order valence-electron chi connectivity index (χ4n) is 4.55. The first-order valence-corrected chi connectivity index (χ1v) is 14.7. The molecule has 194 valence electrons. The smallest absolute Gasteiger partial charge is 0.664 e. The van der Waals surface area contributed by atoms with Crippen LogP contribution in [0.15, 0.2) is 121 Å². The van der Waals surface area contributed by atoms with E-state index in [1.54, 1.807) is 22.7 Å². The zero-order chi connectivity index (χ0) is 25.9. The monoisotopic (exact) mass is 586 g/mol. The number of rotatable bonds is 5. The first-order chi connectivity index (χ1) is 18.7. The molecule has 0 unspecified atom stereocenters. The van der Waals surface area contributed by atoms with Gasteiger partial charge in [0.1, 0.15) is 0 Å². The first-order valence-electron chi connectivity index (χ1n) is 12.2. The molecular formula is C32H24N4NiS2. The van der Waals surface area contributed by atoms with Gasteiger partial charge in [-0.1, -0.05) is 48.5 Å². The zero-order valence-corrected chi connectivity index (χ0v) is 23.9. The van der Waals surface area contributed by atoms with Crippen molar-refractivity contribution < 1.29 is 16.5 Å². The molecule has 39 heavy (non-hydrogen) atoms. The molecule has 0 aliphatic heterocycles. The third-order valence-corrected chi connectivity index (χ3v) is 7.92. The molecule has 0 N–H and O–H groups in total. The summed E-state index contributed by atoms with van der Waals surface area (Å²) >= 11 is 3.46. The Morgan fingerprint density at radius 1 is 0.513 bits per heavy atom. The molecule has 0 bridgehead atoms. The van der Waals surface area contributed by atoms with Gasteiger partial charge in [0.2, 0.25) is 9.73 Å². The molecule has 0 fully saturated rings. The van der Waals surface area contributed by atoms with Crippen molar-refractivity contribution in [2.75, 3.05) is 12.5 Å². The van der Waals surface area contributed by atoms with Crippen LogP contribution in [-0.2, 0) is 39.2 Å². The van der Waals surface area contributed by atoms with Crippen molar-refractivity contribution in [3.05, 3.63) is 143 Å². The molecule has 0 saturated heterocycles. The van der Waals surface area contributed by atoms with Gasteiger partial charge in [0.05, 0.1) is 0 Å². The second kappa shape index (κ2) is 12.0. The summed E-state index contributed by atoms with van der Waals surface area (Å²) in [6.45, 7) is 0. The van der Waals surface area contributed by atoms with Gasteiger partial charge in [0.15, 0.2) is 35.2 Å². The Bertz CT molecular complexity index is 1550. The second-order valence-electron chi connectivity index (χ2n) is 8.68. The van der Waals surface area contributed by atoms with Gasteiger partial charge in [0.25, 0.3) is 0 Å². The quantitative estimate of drug-likeness (QED) is 0.191. The van der Waals surface area contributed by atoms with Gasteiger partial charge in [-0.05, 0) is 46.6 Å². The van der Waals surface area contributed by atoms with Gasteiger partial charge in [-0.15, -0.1) is 22.8 Å². The van der Waals surface area contributed by atoms with E-state index < -0.39 is 0 Å². The first kappa shape index (κ1) is 26.8. The minimum Gasteiger partial charge on any atom is -0.664 e. The van der Waals surface area contributed by atoms with E-state index in [1.165, 1.54) is 9.73 Å². The van der Waals surface area contributed by atoms with E-state index in [9.17, 15) is 0 Å². The summed E-state index contributed by atoms with van der Waals surface area (Å²) in [5, 5.41) is 0. The van der Waals surface area contributed by atoms with Crippen LogP contribution in [0, 0.1) is 0 Å². The average molecular weight is 587 g/mol. The molecular weight excluding hydrogens is 563 g/mol. The fraction of sp³-hybridized carbons (Fsp3) is 0.0625. The van der Waals surface area contributed by atoms with E-state index in [2.05, 4.69) is 83.2 Å². The van der Waals surface area contributed by atoms with E-state index in [0.29, 0.717) is 0 Å². The molecule has 0 saturated carbocycles. The molecule has 4 heterocycles. The van der Waals surface area contributed by atoms with Crippen molar-refractivity contribution in [3.8, 4) is 11.4 Å². The van der Waals surface area contributed by atoms with Crippen LogP contribution in [0.2, 0.25) is 0 Å². The summed E-state index contributed by atoms with van der Waals surface area (Å²) < 4.78 is 0. The molecule has 0 radical (unpaired) electrons. The SMILES string of the molecule is C[S+]=C1C=CC(=C(c2ccc[n-]2)c2ccc(-c3ccc(C(=C4C=CC(=[S+]C)C=C4)c4ccc[n-]4)[n-]3)[n-]2)C=C1.[Ni+2]. The van der Waals surface area contributed by atoms with Gasteiger partial charge in [0, 0.05) is 24.3 Å². The van der Waals surface area contributed by atoms with E-state index >= 15 is 0 Å². The maximum Gasteiger partial charge on any atom is 2.00 e. The number of hydrogen-bond acceptors (Lipinski definition) is 0. The molecule has 7 heteroatoms. The molecule has 4 aromatic heterocycles. The molecule has 2 aliphatic rings. The summed E-state index contributed by atoms with van der Waals surface area (Å²) in [5.74, 6) is 0. The van der Waals surface area contributed by atoms with E-state index in [-0.39, 0.29) is 16.5 Å². The summed E-state index contributed by atoms with van der Waals surface area (Å²) in [7, 11) is 0. The van der Waals surface area contributed by atoms with Crippen molar-refractivity contribution in [1.82, 2.24) is 19.9 Å². The molecule has 0 atom stereocenters. The summed E-state index contributed by atoms with van der Waals surface area (Å²) in [4.78, 5) is 21.6. The summed E-state index contributed by atoms with van der Waals surface area (Å²) in [6.07, 6.45) is 24.9. The van der Waals surface area contributed by atoms with Crippen LogP contribution in [0.5, 0.6) is 0 Å². The summed E-state index contributed by atoms with van der Waals surface area (Å²) in [6, 6.07) is 16.2. The molecule has 4 nitrogen and oxygen atoms in total. The van der Waals surface area contributed by atoms with E-state index in [1.807, 2.05) is 48.8 Å². The Labute approximate surface area is 246 Å². The van der Waals surface area contributed by atoms with Gasteiger partial charge in [-0.2, -0.15) is 23.8 Å². The Kier molecular flexibility index (Phi) is 8.22. The van der Waals surface area contributed by atoms with E-state index in [4.69, 9.17) is 9.97 Å². The molecule has 0 aromatic carbocycles. The largest absolute Gasteiger partial charge is 2.00 e. The Morgan fingerprint density at radius 2 is 0.923 bits per heavy atom. The van der Waals surface area contributed by atoms with Gasteiger partial charge < -0.3 is 19.9 Å². The second-order valence-corrected chi connectivity index (χ2v) is 10.4. The van der Waals surface area contributed by atoms with Crippen LogP contribution in [0.4, 0.5) is 0 Å². The molecule has 4 aromatic rings. The number of nitrogens with zero attached hydrogens (tertiary/aromatic N) is 4. The number of hydrogen-bond donors (Lipinski definition) is 0. The third-order valence-electron chi connectivity index (χ3n) is 6.43. The van der Waals surface area contributed by atoms with E-state index in [0.717, 1.165) is 56.5 Å². The van der Waals surface area contributed by atoms with Crippen LogP contribution >= 0.6 is 0 Å². The number of allylic oxidation sites excluding steroid dienone is 10. The van der Waals surface area contributed by atoms with Crippen LogP contribution in [0.3, 0.4) is 0 Å². The van der Waals surface area contributed by atoms with Crippen molar-refractivity contribution in [2.45, 2.75) is 0 Å². The summed E-state index contributed by atoms with van der Waals surface area (Å²) in [5.41, 5.74) is 9.48. The number of aromatic nitrogens is 4. The van der Waals surface area contributed by atoms with Crippen molar-refractivity contribution in [2.24, 2.45) is 0 Å². The topological polar surface area (TPSA) is 56.4 Å². The standard InChI is InChI=1S/C32H24N4S2.Ni/c1-37-23-11-7-21(8-12-23)31(27-5-3-19-33-27)29-17-15-25(35-29)26-16-18-30(36-26)32(28-6-4-20-34-28)22-9-13-24(38-2)14-10-22;/h3-20H,1-2H3;/q-2;+2. The predicted octanol–water partition coefficient (Wildman–Crippen LogP) is 4.81. The third kappa shape index (κ3) is 5.53. The molecule has 0 amide bonds. The normalized spacial score (nSPS) is 14.1. The maximum atomic E-state index is 5.01. The Hall–Kier alpha value is -3.77. The minimum absolute atomic E-state index is 0. The Morgan fingerprint density at radius 3 is 1.26 bits per heavy atom. The van der Waals surface area contributed by atoms with Gasteiger partial charge in [-0.25, -0.2) is 0 Å². The van der Waals surface area contributed by atoms with Crippen molar-refractivity contribution in [3.63, 3.8) is 0 Å². The molecule has 0 spiro atoms. The van der Waals surface area contributed by atoms with Crippen LogP contribution in [-0.4, -0.2) is 22.2 Å². The predicted molar refractivity (Wildman–Crippen MR) is 163 cm³/mol. The molecule has 6 rings (SSSR count). The minimum atomic E-state index is 0. The molecule has 2 aliphatic carbocycles. The van der Waals surface area contributed by atoms with Gasteiger partial charge >= 0.3 is 16.5 Å². The van der Waals surface area contributed by atoms with Crippen molar-refractivity contribution in [1.29, 1.82) is 0 Å².